The molecule has 3 heteroatoms. The molecule has 0 bridgehead atoms. The molecule has 3 nitrogen and oxygen atoms in total. The number of carbonyl (C=O) groups is 1. The summed E-state index contributed by atoms with van der Waals surface area (Å²) in [5.74, 6) is -0.118. The maximum atomic E-state index is 12.5. The van der Waals surface area contributed by atoms with Crippen molar-refractivity contribution in [1.29, 1.82) is 0 Å². The second-order valence-electron chi connectivity index (χ2n) is 4.90. The van der Waals surface area contributed by atoms with Gasteiger partial charge in [-0.15, -0.1) is 0 Å². The fourth-order valence-electron chi connectivity index (χ4n) is 2.44. The number of ether oxygens (including phenoxy) is 1. The van der Waals surface area contributed by atoms with E-state index in [1.54, 1.807) is 7.05 Å². The molecular formula is C18H21NO2. The third-order valence-corrected chi connectivity index (χ3v) is 3.66. The zero-order valence-electron chi connectivity index (χ0n) is 12.5. The molecule has 110 valence electrons. The third kappa shape index (κ3) is 3.31. The van der Waals surface area contributed by atoms with Crippen molar-refractivity contribution in [3.8, 4) is 0 Å². The number of carbonyl (C=O) groups excluding carboxylic acids is 1. The Morgan fingerprint density at radius 3 is 2.14 bits per heavy atom. The molecule has 0 spiro atoms. The average Bonchev–Trinajstić information content (AvgIpc) is 2.57. The molecule has 0 aromatic heterocycles. The lowest BCUT2D eigenvalue weighted by Gasteiger charge is -2.31. The van der Waals surface area contributed by atoms with Gasteiger partial charge in [-0.1, -0.05) is 67.6 Å². The summed E-state index contributed by atoms with van der Waals surface area (Å²) in [4.78, 5) is 12.5. The van der Waals surface area contributed by atoms with Crippen LogP contribution in [-0.2, 0) is 21.7 Å². The Morgan fingerprint density at radius 1 is 1.05 bits per heavy atom. The first-order valence-electron chi connectivity index (χ1n) is 7.18. The van der Waals surface area contributed by atoms with Gasteiger partial charge in [0.25, 0.3) is 5.91 Å². The Morgan fingerprint density at radius 2 is 1.62 bits per heavy atom. The first kappa shape index (κ1) is 15.3. The normalized spacial score (nSPS) is 13.4. The summed E-state index contributed by atoms with van der Waals surface area (Å²) < 4.78 is 6.09. The minimum Gasteiger partial charge on any atom is -0.356 e. The van der Waals surface area contributed by atoms with Gasteiger partial charge in [0, 0.05) is 7.05 Å². The maximum Gasteiger partial charge on any atom is 0.256 e. The fourth-order valence-corrected chi connectivity index (χ4v) is 2.44. The zero-order valence-corrected chi connectivity index (χ0v) is 12.5. The molecule has 2 aromatic rings. The summed E-state index contributed by atoms with van der Waals surface area (Å²) in [5, 5.41) is 2.73. The number of hydrogen-bond acceptors (Lipinski definition) is 2. The molecule has 0 saturated heterocycles. The van der Waals surface area contributed by atoms with Gasteiger partial charge in [0.15, 0.2) is 5.60 Å². The Kier molecular flexibility index (Phi) is 5.12. The lowest BCUT2D eigenvalue weighted by Crippen LogP contribution is -2.44. The van der Waals surface area contributed by atoms with Crippen molar-refractivity contribution in [2.45, 2.75) is 25.6 Å². The van der Waals surface area contributed by atoms with Crippen LogP contribution in [0, 0.1) is 0 Å². The number of nitrogens with one attached hydrogen (secondary N) is 1. The largest absolute Gasteiger partial charge is 0.356 e. The lowest BCUT2D eigenvalue weighted by atomic mass is 9.89. The van der Waals surface area contributed by atoms with E-state index in [1.165, 1.54) is 0 Å². The fraction of sp³-hybridized carbons (Fsp3) is 0.278. The molecule has 0 aliphatic rings. The van der Waals surface area contributed by atoms with Crippen LogP contribution in [0.4, 0.5) is 0 Å². The summed E-state index contributed by atoms with van der Waals surface area (Å²) in [6.45, 7) is 2.37. The van der Waals surface area contributed by atoms with Crippen LogP contribution in [0.25, 0.3) is 0 Å². The Bertz CT molecular complexity index is 568. The lowest BCUT2D eigenvalue weighted by molar-refractivity contribution is -0.151. The molecule has 1 unspecified atom stereocenters. The predicted molar refractivity (Wildman–Crippen MR) is 83.7 cm³/mol. The zero-order chi connectivity index (χ0) is 15.1. The summed E-state index contributed by atoms with van der Waals surface area (Å²) in [6, 6.07) is 19.5. The molecular weight excluding hydrogens is 262 g/mol. The highest BCUT2D eigenvalue weighted by atomic mass is 16.5. The van der Waals surface area contributed by atoms with Crippen LogP contribution >= 0.6 is 0 Å². The van der Waals surface area contributed by atoms with Crippen LogP contribution in [0.2, 0.25) is 0 Å². The van der Waals surface area contributed by atoms with E-state index < -0.39 is 5.60 Å². The van der Waals surface area contributed by atoms with Crippen LogP contribution in [-0.4, -0.2) is 13.0 Å². The van der Waals surface area contributed by atoms with Crippen LogP contribution in [0.1, 0.15) is 24.5 Å². The van der Waals surface area contributed by atoms with Gasteiger partial charge in [-0.25, -0.2) is 0 Å². The van der Waals surface area contributed by atoms with Crippen molar-refractivity contribution in [1.82, 2.24) is 5.32 Å². The van der Waals surface area contributed by atoms with Crippen LogP contribution < -0.4 is 5.32 Å². The van der Waals surface area contributed by atoms with E-state index in [1.807, 2.05) is 67.6 Å². The van der Waals surface area contributed by atoms with Gasteiger partial charge in [-0.3, -0.25) is 4.79 Å². The summed E-state index contributed by atoms with van der Waals surface area (Å²) in [7, 11) is 1.64. The molecule has 0 saturated carbocycles. The first-order valence-corrected chi connectivity index (χ1v) is 7.18. The van der Waals surface area contributed by atoms with Crippen molar-refractivity contribution < 1.29 is 9.53 Å². The van der Waals surface area contributed by atoms with E-state index in [0.717, 1.165) is 11.1 Å². The molecule has 2 rings (SSSR count). The van der Waals surface area contributed by atoms with E-state index in [4.69, 9.17) is 4.74 Å². The molecule has 0 aliphatic heterocycles. The van der Waals surface area contributed by atoms with Crippen molar-refractivity contribution >= 4 is 5.91 Å². The second-order valence-corrected chi connectivity index (χ2v) is 4.90. The number of hydrogen-bond donors (Lipinski definition) is 1. The van der Waals surface area contributed by atoms with Gasteiger partial charge in [-0.05, 0) is 17.5 Å². The smallest absolute Gasteiger partial charge is 0.256 e. The van der Waals surface area contributed by atoms with E-state index in [2.05, 4.69) is 5.32 Å². The van der Waals surface area contributed by atoms with Crippen molar-refractivity contribution in [2.75, 3.05) is 7.05 Å². The van der Waals surface area contributed by atoms with Crippen LogP contribution in [0.15, 0.2) is 60.7 Å². The predicted octanol–water partition coefficient (Wildman–Crippen LogP) is 3.25. The van der Waals surface area contributed by atoms with Gasteiger partial charge >= 0.3 is 0 Å². The minimum atomic E-state index is -0.953. The highest BCUT2D eigenvalue weighted by Crippen LogP contribution is 2.31. The van der Waals surface area contributed by atoms with Crippen molar-refractivity contribution in [2.24, 2.45) is 0 Å². The third-order valence-electron chi connectivity index (χ3n) is 3.66. The molecule has 1 N–H and O–H groups in total. The van der Waals surface area contributed by atoms with Crippen molar-refractivity contribution in [3.63, 3.8) is 0 Å². The molecule has 21 heavy (non-hydrogen) atoms. The molecule has 0 heterocycles. The standard InChI is InChI=1S/C18H21NO2/c1-3-18(17(20)19-2,16-12-8-5-9-13-16)21-14-15-10-6-4-7-11-15/h4-13H,3,14H2,1-2H3,(H,19,20). The van der Waals surface area contributed by atoms with Gasteiger partial charge in [0.05, 0.1) is 6.61 Å². The van der Waals surface area contributed by atoms with Gasteiger partial charge in [0.1, 0.15) is 0 Å². The topological polar surface area (TPSA) is 38.3 Å². The van der Waals surface area contributed by atoms with Crippen LogP contribution in [0.3, 0.4) is 0 Å². The van der Waals surface area contributed by atoms with Crippen molar-refractivity contribution in [3.05, 3.63) is 71.8 Å². The maximum absolute atomic E-state index is 12.5. The Hall–Kier alpha value is -2.13. The van der Waals surface area contributed by atoms with Gasteiger partial charge < -0.3 is 10.1 Å². The average molecular weight is 283 g/mol. The molecule has 1 atom stereocenters. The first-order chi connectivity index (χ1) is 10.2. The quantitative estimate of drug-likeness (QED) is 0.883. The highest BCUT2D eigenvalue weighted by Gasteiger charge is 2.39. The summed E-state index contributed by atoms with van der Waals surface area (Å²) in [6.07, 6.45) is 0.573. The van der Waals surface area contributed by atoms with Gasteiger partial charge in [-0.2, -0.15) is 0 Å². The van der Waals surface area contributed by atoms with E-state index in [-0.39, 0.29) is 5.91 Å². The monoisotopic (exact) mass is 283 g/mol. The number of amides is 1. The van der Waals surface area contributed by atoms with E-state index in [9.17, 15) is 4.79 Å². The minimum absolute atomic E-state index is 0.118. The summed E-state index contributed by atoms with van der Waals surface area (Å²) >= 11 is 0. The SMILES string of the molecule is CCC(OCc1ccccc1)(C(=O)NC)c1ccccc1. The second kappa shape index (κ2) is 7.04. The molecule has 0 radical (unpaired) electrons. The van der Waals surface area contributed by atoms with Gasteiger partial charge in [0.2, 0.25) is 0 Å². The number of benzene rings is 2. The Balaban J connectivity index is 2.30. The van der Waals surface area contributed by atoms with E-state index >= 15 is 0 Å². The molecule has 0 fully saturated rings. The summed E-state index contributed by atoms with van der Waals surface area (Å²) in [5.41, 5.74) is 0.976. The molecule has 1 amide bonds. The molecule has 2 aromatic carbocycles. The number of rotatable bonds is 6. The van der Waals surface area contributed by atoms with Crippen LogP contribution in [0.5, 0.6) is 0 Å². The Labute approximate surface area is 126 Å². The van der Waals surface area contributed by atoms with E-state index in [0.29, 0.717) is 13.0 Å². The number of likely N-dealkylation sites (N-methyl/N-ethyl adjacent to an activating group) is 1. The molecule has 0 aliphatic carbocycles. The highest BCUT2D eigenvalue weighted by molar-refractivity contribution is 5.86.